The number of carbonyl (C=O) groups is 1. The molecular formula is C25H27BrClN9O4. The number of benzene rings is 2. The molecule has 4 aromatic rings. The molecule has 0 aliphatic rings. The van der Waals surface area contributed by atoms with Crippen LogP contribution in [-0.2, 0) is 13.2 Å². The largest absolute Gasteiger partial charge is 0.493 e. The Morgan fingerprint density at radius 1 is 1.27 bits per heavy atom. The van der Waals surface area contributed by atoms with Crippen LogP contribution in [0.15, 0.2) is 50.6 Å². The molecule has 210 valence electrons. The van der Waals surface area contributed by atoms with Crippen LogP contribution in [0.25, 0.3) is 5.82 Å². The van der Waals surface area contributed by atoms with E-state index in [1.54, 1.807) is 18.2 Å². The maximum Gasteiger partial charge on any atom is 0.293 e. The minimum atomic E-state index is -0.564. The van der Waals surface area contributed by atoms with Crippen LogP contribution >= 0.6 is 27.5 Å². The molecule has 4 rings (SSSR count). The van der Waals surface area contributed by atoms with Gasteiger partial charge in [0.1, 0.15) is 6.61 Å². The summed E-state index contributed by atoms with van der Waals surface area (Å²) in [7, 11) is 1.53. The van der Waals surface area contributed by atoms with Crippen LogP contribution in [-0.4, -0.2) is 62.5 Å². The maximum absolute atomic E-state index is 13.1. The van der Waals surface area contributed by atoms with Crippen LogP contribution in [0.1, 0.15) is 41.2 Å². The first-order chi connectivity index (χ1) is 19.4. The Labute approximate surface area is 243 Å². The summed E-state index contributed by atoms with van der Waals surface area (Å²) >= 11 is 9.76. The molecule has 0 bridgehead atoms. The van der Waals surface area contributed by atoms with Crippen LogP contribution in [0.2, 0.25) is 5.02 Å². The van der Waals surface area contributed by atoms with Gasteiger partial charge in [-0.1, -0.05) is 48.9 Å². The van der Waals surface area contributed by atoms with E-state index in [9.17, 15) is 4.79 Å². The minimum Gasteiger partial charge on any atom is -0.493 e. The quantitative estimate of drug-likeness (QED) is 0.174. The molecule has 1 amide bonds. The number of nitrogens with one attached hydrogen (secondary N) is 1. The lowest BCUT2D eigenvalue weighted by Gasteiger charge is -2.18. The fraction of sp³-hybridized carbons (Fsp3) is 0.280. The lowest BCUT2D eigenvalue weighted by molar-refractivity contribution is 0.0948. The molecular weight excluding hydrogens is 606 g/mol. The van der Waals surface area contributed by atoms with Crippen molar-refractivity contribution in [2.75, 3.05) is 25.9 Å². The molecule has 0 saturated heterocycles. The van der Waals surface area contributed by atoms with E-state index >= 15 is 0 Å². The molecule has 40 heavy (non-hydrogen) atoms. The molecule has 0 fully saturated rings. The Kier molecular flexibility index (Phi) is 9.69. The van der Waals surface area contributed by atoms with Crippen LogP contribution in [0, 0.1) is 0 Å². The highest BCUT2D eigenvalue weighted by molar-refractivity contribution is 9.10. The number of amides is 1. The normalized spacial score (nSPS) is 11.3. The number of hydrogen-bond donors (Lipinski definition) is 2. The lowest BCUT2D eigenvalue weighted by atomic mass is 10.2. The number of ether oxygens (including phenoxy) is 2. The Balaban J connectivity index is 1.51. The van der Waals surface area contributed by atoms with Crippen molar-refractivity contribution in [3.05, 3.63) is 68.4 Å². The van der Waals surface area contributed by atoms with Crippen molar-refractivity contribution in [3.8, 4) is 17.3 Å². The highest BCUT2D eigenvalue weighted by Crippen LogP contribution is 2.37. The van der Waals surface area contributed by atoms with Crippen molar-refractivity contribution in [2.24, 2.45) is 5.10 Å². The second kappa shape index (κ2) is 13.4. The number of rotatable bonds is 12. The van der Waals surface area contributed by atoms with E-state index in [0.29, 0.717) is 38.8 Å². The maximum atomic E-state index is 13.1. The Morgan fingerprint density at radius 2 is 2.05 bits per heavy atom. The molecule has 0 aliphatic carbocycles. The molecule has 13 nitrogen and oxygen atoms in total. The molecule has 0 saturated carbocycles. The number of carbonyl (C=O) groups excluding carboxylic acids is 1. The van der Waals surface area contributed by atoms with Gasteiger partial charge in [0.2, 0.25) is 11.6 Å². The summed E-state index contributed by atoms with van der Waals surface area (Å²) in [6, 6.07) is 10.9. The van der Waals surface area contributed by atoms with E-state index in [2.05, 4.69) is 52.0 Å². The van der Waals surface area contributed by atoms with Gasteiger partial charge < -0.3 is 15.2 Å². The van der Waals surface area contributed by atoms with E-state index in [4.69, 9.17) is 31.4 Å². The smallest absolute Gasteiger partial charge is 0.293 e. The molecule has 0 aliphatic heterocycles. The van der Waals surface area contributed by atoms with Gasteiger partial charge in [-0.25, -0.2) is 10.1 Å². The SMILES string of the molecule is CCN(CC)Cc1c(C(=O)N/N=C/c2cc(Br)c(OCc3ccccc3Cl)c(OC)c2)nnn1-c1nonc1N. The van der Waals surface area contributed by atoms with E-state index in [0.717, 1.165) is 18.7 Å². The molecule has 3 N–H and O–H groups in total. The number of aromatic nitrogens is 5. The molecule has 2 aromatic carbocycles. The third-order valence-corrected chi connectivity index (χ3v) is 6.86. The third kappa shape index (κ3) is 6.58. The van der Waals surface area contributed by atoms with Crippen molar-refractivity contribution in [3.63, 3.8) is 0 Å². The number of nitrogens with two attached hydrogens (primary N) is 1. The van der Waals surface area contributed by atoms with Crippen molar-refractivity contribution in [1.29, 1.82) is 0 Å². The number of methoxy groups -OCH3 is 1. The van der Waals surface area contributed by atoms with Gasteiger partial charge in [-0.05, 0) is 63.1 Å². The number of nitrogens with zero attached hydrogens (tertiary/aromatic N) is 7. The standard InChI is InChI=1S/C25H27BrClN9O4/c1-4-35(5-2)13-19-21(30-34-36(19)24-23(28)32-40-33-24)25(37)31-29-12-15-10-17(26)22(20(11-15)38-3)39-14-16-8-6-7-9-18(16)27/h6-12H,4-5,13-14H2,1-3H3,(H2,28,32)(H,31,37)/b29-12+. The van der Waals surface area contributed by atoms with Crippen LogP contribution < -0.4 is 20.6 Å². The predicted molar refractivity (Wildman–Crippen MR) is 152 cm³/mol. The van der Waals surface area contributed by atoms with Crippen molar-refractivity contribution < 1.29 is 18.9 Å². The van der Waals surface area contributed by atoms with Gasteiger partial charge >= 0.3 is 0 Å². The summed E-state index contributed by atoms with van der Waals surface area (Å²) in [5.74, 6) is 0.575. The summed E-state index contributed by atoms with van der Waals surface area (Å²) in [5, 5.41) is 20.2. The molecule has 0 unspecified atom stereocenters. The van der Waals surface area contributed by atoms with Crippen LogP contribution in [0.3, 0.4) is 0 Å². The molecule has 15 heteroatoms. The topological polar surface area (TPSA) is 159 Å². The van der Waals surface area contributed by atoms with E-state index in [1.807, 2.05) is 32.0 Å². The highest BCUT2D eigenvalue weighted by atomic mass is 79.9. The fourth-order valence-corrected chi connectivity index (χ4v) is 4.49. The predicted octanol–water partition coefficient (Wildman–Crippen LogP) is 3.84. The summed E-state index contributed by atoms with van der Waals surface area (Å²) in [6.45, 7) is 6.11. The second-order valence-electron chi connectivity index (χ2n) is 8.34. The average Bonchev–Trinajstić information content (AvgIpc) is 3.56. The van der Waals surface area contributed by atoms with Gasteiger partial charge in [0.25, 0.3) is 5.91 Å². The van der Waals surface area contributed by atoms with Gasteiger partial charge in [0.05, 0.1) is 23.5 Å². The number of hydrogen-bond acceptors (Lipinski definition) is 11. The Morgan fingerprint density at radius 3 is 2.73 bits per heavy atom. The molecule has 0 radical (unpaired) electrons. The molecule has 2 heterocycles. The summed E-state index contributed by atoms with van der Waals surface area (Å²) < 4.78 is 18.2. The zero-order valence-corrected chi connectivity index (χ0v) is 24.3. The number of hydrazone groups is 1. The van der Waals surface area contributed by atoms with Crippen LogP contribution in [0.4, 0.5) is 5.82 Å². The average molecular weight is 633 g/mol. The van der Waals surface area contributed by atoms with Gasteiger partial charge in [-0.15, -0.1) is 5.10 Å². The summed E-state index contributed by atoms with van der Waals surface area (Å²) in [6.07, 6.45) is 1.47. The fourth-order valence-electron chi connectivity index (χ4n) is 3.72. The molecule has 0 spiro atoms. The first-order valence-electron chi connectivity index (χ1n) is 12.2. The van der Waals surface area contributed by atoms with Gasteiger partial charge in [0.15, 0.2) is 17.2 Å². The van der Waals surface area contributed by atoms with Crippen molar-refractivity contribution in [1.82, 2.24) is 35.6 Å². The monoisotopic (exact) mass is 631 g/mol. The van der Waals surface area contributed by atoms with Crippen molar-refractivity contribution >= 4 is 45.5 Å². The van der Waals surface area contributed by atoms with Crippen LogP contribution in [0.5, 0.6) is 11.5 Å². The Hall–Kier alpha value is -4.01. The summed E-state index contributed by atoms with van der Waals surface area (Å²) in [4.78, 5) is 15.1. The summed E-state index contributed by atoms with van der Waals surface area (Å²) in [5.41, 5.74) is 10.3. The highest BCUT2D eigenvalue weighted by Gasteiger charge is 2.25. The molecule has 0 atom stereocenters. The zero-order valence-electron chi connectivity index (χ0n) is 22.0. The van der Waals surface area contributed by atoms with Crippen molar-refractivity contribution in [2.45, 2.75) is 27.0 Å². The number of nitrogen functional groups attached to an aromatic ring is 1. The lowest BCUT2D eigenvalue weighted by Crippen LogP contribution is -2.27. The second-order valence-corrected chi connectivity index (χ2v) is 9.61. The first kappa shape index (κ1) is 29.0. The first-order valence-corrected chi connectivity index (χ1v) is 13.4. The Bertz CT molecular complexity index is 1500. The van der Waals surface area contributed by atoms with E-state index in [-0.39, 0.29) is 23.9 Å². The van der Waals surface area contributed by atoms with E-state index in [1.165, 1.54) is 18.0 Å². The third-order valence-electron chi connectivity index (χ3n) is 5.90. The van der Waals surface area contributed by atoms with Gasteiger partial charge in [-0.3, -0.25) is 9.69 Å². The number of anilines is 1. The zero-order chi connectivity index (χ0) is 28.6. The number of halogens is 2. The molecule has 2 aromatic heterocycles. The van der Waals surface area contributed by atoms with Gasteiger partial charge in [-0.2, -0.15) is 9.78 Å². The van der Waals surface area contributed by atoms with E-state index < -0.39 is 5.91 Å². The minimum absolute atomic E-state index is 0.0227. The van der Waals surface area contributed by atoms with Gasteiger partial charge in [0, 0.05) is 17.1 Å².